The van der Waals surface area contributed by atoms with Gasteiger partial charge in [0.2, 0.25) is 10.0 Å². The molecule has 122 valence electrons. The minimum absolute atomic E-state index is 0.0327. The number of non-ortho nitro benzene ring substituents is 1. The van der Waals surface area contributed by atoms with Crippen LogP contribution in [0.25, 0.3) is 0 Å². The van der Waals surface area contributed by atoms with Crippen molar-refractivity contribution in [3.63, 3.8) is 0 Å². The van der Waals surface area contributed by atoms with Gasteiger partial charge in [-0.3, -0.25) is 10.1 Å². The highest BCUT2D eigenvalue weighted by Gasteiger charge is 2.40. The van der Waals surface area contributed by atoms with Gasteiger partial charge in [0.1, 0.15) is 0 Å². The molecule has 1 saturated carbocycles. The topological polar surface area (TPSA) is 110 Å². The van der Waals surface area contributed by atoms with E-state index in [0.29, 0.717) is 12.0 Å². The summed E-state index contributed by atoms with van der Waals surface area (Å²) in [7, 11) is -3.78. The van der Waals surface area contributed by atoms with Crippen molar-refractivity contribution < 1.29 is 18.4 Å². The Morgan fingerprint density at radius 3 is 2.73 bits per heavy atom. The Morgan fingerprint density at radius 1 is 1.50 bits per heavy atom. The van der Waals surface area contributed by atoms with Gasteiger partial charge in [-0.15, -0.1) is 0 Å². The SMILES string of the molecule is Cc1cc([N+](=O)[O-])ccc1S(=O)(=O)N[C@H]1CCC[C@@]1(C)CO. The lowest BCUT2D eigenvalue weighted by molar-refractivity contribution is -0.385. The molecular weight excluding hydrogens is 308 g/mol. The minimum Gasteiger partial charge on any atom is -0.396 e. The fraction of sp³-hybridized carbons (Fsp3) is 0.571. The van der Waals surface area contributed by atoms with E-state index in [2.05, 4.69) is 4.72 Å². The van der Waals surface area contributed by atoms with Crippen molar-refractivity contribution in [2.45, 2.75) is 44.0 Å². The standard InChI is InChI=1S/C14H20N2O5S/c1-10-8-11(16(18)19)5-6-12(10)22(20,21)15-13-4-3-7-14(13,2)9-17/h5-6,8,13,15,17H,3-4,7,9H2,1-2H3/t13-,14-/m0/s1. The lowest BCUT2D eigenvalue weighted by Gasteiger charge is -2.30. The molecule has 0 bridgehead atoms. The third-order valence-corrected chi connectivity index (χ3v) is 6.03. The number of aliphatic hydroxyl groups is 1. The summed E-state index contributed by atoms with van der Waals surface area (Å²) in [5, 5.41) is 20.2. The number of aliphatic hydroxyl groups excluding tert-OH is 1. The van der Waals surface area contributed by atoms with Crippen molar-refractivity contribution in [3.05, 3.63) is 33.9 Å². The van der Waals surface area contributed by atoms with Crippen LogP contribution in [-0.2, 0) is 10.0 Å². The largest absolute Gasteiger partial charge is 0.396 e. The van der Waals surface area contributed by atoms with Crippen LogP contribution in [0.15, 0.2) is 23.1 Å². The Balaban J connectivity index is 2.30. The fourth-order valence-corrected chi connectivity index (χ4v) is 4.56. The van der Waals surface area contributed by atoms with Crippen LogP contribution in [0.5, 0.6) is 0 Å². The maximum absolute atomic E-state index is 12.5. The molecule has 0 saturated heterocycles. The van der Waals surface area contributed by atoms with E-state index in [4.69, 9.17) is 0 Å². The number of nitrogens with zero attached hydrogens (tertiary/aromatic N) is 1. The number of hydrogen-bond donors (Lipinski definition) is 2. The first-order valence-corrected chi connectivity index (χ1v) is 8.56. The zero-order chi connectivity index (χ0) is 16.5. The van der Waals surface area contributed by atoms with Gasteiger partial charge in [0.15, 0.2) is 0 Å². The van der Waals surface area contributed by atoms with Crippen molar-refractivity contribution in [2.24, 2.45) is 5.41 Å². The highest BCUT2D eigenvalue weighted by Crippen LogP contribution is 2.38. The summed E-state index contributed by atoms with van der Waals surface area (Å²) in [6.45, 7) is 3.30. The first kappa shape index (κ1) is 16.9. The number of nitro groups is 1. The number of aryl methyl sites for hydroxylation is 1. The van der Waals surface area contributed by atoms with Crippen LogP contribution >= 0.6 is 0 Å². The molecule has 1 fully saturated rings. The van der Waals surface area contributed by atoms with E-state index in [1.165, 1.54) is 25.1 Å². The Kier molecular flexibility index (Phi) is 4.55. The Bertz CT molecular complexity index is 688. The molecule has 2 atom stereocenters. The molecule has 0 radical (unpaired) electrons. The summed E-state index contributed by atoms with van der Waals surface area (Å²) in [6, 6.07) is 3.34. The van der Waals surface area contributed by atoms with Crippen molar-refractivity contribution >= 4 is 15.7 Å². The summed E-state index contributed by atoms with van der Waals surface area (Å²) < 4.78 is 27.7. The predicted molar refractivity (Wildman–Crippen MR) is 81.0 cm³/mol. The molecule has 7 nitrogen and oxygen atoms in total. The van der Waals surface area contributed by atoms with Crippen molar-refractivity contribution in [1.29, 1.82) is 0 Å². The number of hydrogen-bond acceptors (Lipinski definition) is 5. The van der Waals surface area contributed by atoms with Gasteiger partial charge >= 0.3 is 0 Å². The van der Waals surface area contributed by atoms with Crippen LogP contribution in [0.2, 0.25) is 0 Å². The average molecular weight is 328 g/mol. The number of rotatable bonds is 5. The summed E-state index contributed by atoms with van der Waals surface area (Å²) >= 11 is 0. The highest BCUT2D eigenvalue weighted by molar-refractivity contribution is 7.89. The first-order chi connectivity index (χ1) is 10.2. The van der Waals surface area contributed by atoms with Gasteiger partial charge in [0.25, 0.3) is 5.69 Å². The molecule has 1 aliphatic carbocycles. The van der Waals surface area contributed by atoms with E-state index in [0.717, 1.165) is 12.8 Å². The first-order valence-electron chi connectivity index (χ1n) is 7.08. The molecule has 1 aromatic rings. The van der Waals surface area contributed by atoms with Gasteiger partial charge in [-0.05, 0) is 31.4 Å². The molecule has 22 heavy (non-hydrogen) atoms. The summed E-state index contributed by atoms with van der Waals surface area (Å²) in [5.41, 5.74) is -0.287. The lowest BCUT2D eigenvalue weighted by atomic mass is 9.86. The number of nitro benzene ring substituents is 1. The van der Waals surface area contributed by atoms with E-state index in [1.54, 1.807) is 0 Å². The minimum atomic E-state index is -3.78. The summed E-state index contributed by atoms with van der Waals surface area (Å²) in [4.78, 5) is 10.2. The maximum Gasteiger partial charge on any atom is 0.269 e. The van der Waals surface area contributed by atoms with Gasteiger partial charge in [0, 0.05) is 30.2 Å². The van der Waals surface area contributed by atoms with Gasteiger partial charge < -0.3 is 5.11 Å². The second-order valence-electron chi connectivity index (χ2n) is 6.09. The molecule has 0 unspecified atom stereocenters. The second-order valence-corrected chi connectivity index (χ2v) is 7.77. The van der Waals surface area contributed by atoms with E-state index < -0.39 is 20.4 Å². The molecular formula is C14H20N2O5S. The van der Waals surface area contributed by atoms with Crippen LogP contribution in [0.1, 0.15) is 31.7 Å². The Morgan fingerprint density at radius 2 is 2.18 bits per heavy atom. The third kappa shape index (κ3) is 3.13. The Hall–Kier alpha value is -1.51. The molecule has 0 aromatic heterocycles. The number of benzene rings is 1. The number of nitrogens with one attached hydrogen (secondary N) is 1. The monoisotopic (exact) mass is 328 g/mol. The smallest absolute Gasteiger partial charge is 0.269 e. The normalized spacial score (nSPS) is 25.3. The molecule has 0 spiro atoms. The van der Waals surface area contributed by atoms with E-state index in [9.17, 15) is 23.6 Å². The quantitative estimate of drug-likeness (QED) is 0.632. The van der Waals surface area contributed by atoms with E-state index in [1.807, 2.05) is 6.92 Å². The van der Waals surface area contributed by atoms with Crippen LogP contribution in [0, 0.1) is 22.5 Å². The molecule has 2 rings (SSSR count). The van der Waals surface area contributed by atoms with Crippen molar-refractivity contribution in [3.8, 4) is 0 Å². The lowest BCUT2D eigenvalue weighted by Crippen LogP contribution is -2.44. The molecule has 2 N–H and O–H groups in total. The average Bonchev–Trinajstić information content (AvgIpc) is 2.79. The predicted octanol–water partition coefficient (Wildman–Crippen LogP) is 1.73. The van der Waals surface area contributed by atoms with Crippen molar-refractivity contribution in [2.75, 3.05) is 6.61 Å². The Labute approximate surface area is 129 Å². The molecule has 0 heterocycles. The van der Waals surface area contributed by atoms with Crippen LogP contribution in [0.3, 0.4) is 0 Å². The fourth-order valence-electron chi connectivity index (χ4n) is 2.92. The number of sulfonamides is 1. The zero-order valence-electron chi connectivity index (χ0n) is 12.6. The van der Waals surface area contributed by atoms with Gasteiger partial charge in [0.05, 0.1) is 9.82 Å². The van der Waals surface area contributed by atoms with Crippen LogP contribution in [0.4, 0.5) is 5.69 Å². The highest BCUT2D eigenvalue weighted by atomic mass is 32.2. The molecule has 1 aromatic carbocycles. The molecule has 8 heteroatoms. The van der Waals surface area contributed by atoms with Crippen molar-refractivity contribution in [1.82, 2.24) is 4.72 Å². The van der Waals surface area contributed by atoms with Crippen LogP contribution in [-0.4, -0.2) is 31.1 Å². The van der Waals surface area contributed by atoms with E-state index >= 15 is 0 Å². The maximum atomic E-state index is 12.5. The zero-order valence-corrected chi connectivity index (χ0v) is 13.4. The van der Waals surface area contributed by atoms with Gasteiger partial charge in [-0.1, -0.05) is 13.3 Å². The summed E-state index contributed by atoms with van der Waals surface area (Å²) in [5.74, 6) is 0. The molecule has 0 amide bonds. The van der Waals surface area contributed by atoms with Crippen LogP contribution < -0.4 is 4.72 Å². The van der Waals surface area contributed by atoms with E-state index in [-0.39, 0.29) is 23.2 Å². The molecule has 1 aliphatic rings. The van der Waals surface area contributed by atoms with Gasteiger partial charge in [-0.2, -0.15) is 0 Å². The third-order valence-electron chi connectivity index (χ3n) is 4.40. The second kappa shape index (κ2) is 5.94. The van der Waals surface area contributed by atoms with Gasteiger partial charge in [-0.25, -0.2) is 13.1 Å². The molecule has 0 aliphatic heterocycles. The summed E-state index contributed by atoms with van der Waals surface area (Å²) in [6.07, 6.45) is 2.28.